The Morgan fingerprint density at radius 2 is 2.26 bits per heavy atom. The minimum Gasteiger partial charge on any atom is -0.476 e. The molecule has 0 aromatic carbocycles. The molecule has 0 aliphatic rings. The number of anilines is 2. The molecule has 2 rings (SSSR count). The number of pyridine rings is 1. The number of ether oxygens (including phenoxy) is 1. The summed E-state index contributed by atoms with van der Waals surface area (Å²) in [7, 11) is 0. The number of rotatable bonds is 6. The Labute approximate surface area is 112 Å². The maximum absolute atomic E-state index is 5.77. The number of nitrogen functional groups attached to an aromatic ring is 1. The second-order valence-corrected chi connectivity index (χ2v) is 4.23. The van der Waals surface area contributed by atoms with Gasteiger partial charge < -0.3 is 15.8 Å². The van der Waals surface area contributed by atoms with Crippen LogP contribution in [0.2, 0.25) is 0 Å². The first-order valence-corrected chi connectivity index (χ1v) is 6.31. The van der Waals surface area contributed by atoms with Gasteiger partial charge in [0.25, 0.3) is 0 Å². The largest absolute Gasteiger partial charge is 0.476 e. The molecule has 2 heterocycles. The van der Waals surface area contributed by atoms with Gasteiger partial charge in [0.2, 0.25) is 5.88 Å². The minimum absolute atomic E-state index is 0.474. The number of nitrogens with one attached hydrogen (secondary N) is 1. The number of nitrogens with two attached hydrogens (primary N) is 1. The van der Waals surface area contributed by atoms with E-state index in [-0.39, 0.29) is 0 Å². The first-order valence-electron chi connectivity index (χ1n) is 6.31. The molecule has 0 unspecified atom stereocenters. The van der Waals surface area contributed by atoms with Gasteiger partial charge in [0.05, 0.1) is 25.0 Å². The molecule has 6 heteroatoms. The second kappa shape index (κ2) is 6.08. The monoisotopic (exact) mass is 261 g/mol. The van der Waals surface area contributed by atoms with E-state index in [1.165, 1.54) is 0 Å². The van der Waals surface area contributed by atoms with Crippen molar-refractivity contribution in [2.24, 2.45) is 0 Å². The fourth-order valence-corrected chi connectivity index (χ4v) is 1.69. The normalized spacial score (nSPS) is 10.4. The highest BCUT2D eigenvalue weighted by Crippen LogP contribution is 2.20. The van der Waals surface area contributed by atoms with Crippen LogP contribution in [0.15, 0.2) is 24.5 Å². The summed E-state index contributed by atoms with van der Waals surface area (Å²) in [6, 6.07) is 3.63. The van der Waals surface area contributed by atoms with Crippen LogP contribution in [-0.4, -0.2) is 27.9 Å². The molecular weight excluding hydrogens is 242 g/mol. The van der Waals surface area contributed by atoms with Gasteiger partial charge in [-0.25, -0.2) is 0 Å². The molecule has 0 fully saturated rings. The molecule has 0 saturated heterocycles. The van der Waals surface area contributed by atoms with Crippen LogP contribution in [0, 0.1) is 6.92 Å². The van der Waals surface area contributed by atoms with Crippen LogP contribution in [0.4, 0.5) is 11.5 Å². The van der Waals surface area contributed by atoms with Gasteiger partial charge in [0.1, 0.15) is 5.82 Å². The molecule has 19 heavy (non-hydrogen) atoms. The molecule has 0 spiro atoms. The fraction of sp³-hybridized carbons (Fsp3) is 0.385. The van der Waals surface area contributed by atoms with Crippen LogP contribution >= 0.6 is 0 Å². The van der Waals surface area contributed by atoms with Crippen LogP contribution in [0.3, 0.4) is 0 Å². The lowest BCUT2D eigenvalue weighted by Crippen LogP contribution is -2.12. The predicted molar refractivity (Wildman–Crippen MR) is 75.3 cm³/mol. The van der Waals surface area contributed by atoms with E-state index in [2.05, 4.69) is 15.4 Å². The molecule has 0 atom stereocenters. The zero-order valence-corrected chi connectivity index (χ0v) is 11.3. The number of nitrogens with zero attached hydrogens (tertiary/aromatic N) is 3. The van der Waals surface area contributed by atoms with E-state index in [9.17, 15) is 0 Å². The third-order valence-electron chi connectivity index (χ3n) is 2.58. The van der Waals surface area contributed by atoms with Crippen molar-refractivity contribution in [2.75, 3.05) is 24.2 Å². The zero-order valence-electron chi connectivity index (χ0n) is 11.3. The molecule has 0 radical (unpaired) electrons. The highest BCUT2D eigenvalue weighted by atomic mass is 16.5. The molecule has 102 valence electrons. The molecule has 0 bridgehead atoms. The summed E-state index contributed by atoms with van der Waals surface area (Å²) in [5.74, 6) is 1.23. The maximum atomic E-state index is 5.77. The predicted octanol–water partition coefficient (Wildman–Crippen LogP) is 1.68. The van der Waals surface area contributed by atoms with E-state index < -0.39 is 0 Å². The Bertz CT molecular complexity index is 538. The third kappa shape index (κ3) is 3.61. The van der Waals surface area contributed by atoms with Crippen LogP contribution in [0.5, 0.6) is 5.88 Å². The van der Waals surface area contributed by atoms with Crippen molar-refractivity contribution in [1.29, 1.82) is 0 Å². The van der Waals surface area contributed by atoms with Crippen LogP contribution in [-0.2, 0) is 6.54 Å². The standard InChI is InChI=1S/C13H19N5O/c1-3-19-13-11(14)4-5-12(17-13)15-6-7-18-9-10(2)8-16-18/h4-5,8-9H,3,6-7,14H2,1-2H3,(H,15,17). The average molecular weight is 261 g/mol. The van der Waals surface area contributed by atoms with Crippen LogP contribution < -0.4 is 15.8 Å². The molecule has 6 nitrogen and oxygen atoms in total. The van der Waals surface area contributed by atoms with Gasteiger partial charge in [-0.15, -0.1) is 0 Å². The van der Waals surface area contributed by atoms with Gasteiger partial charge in [-0.3, -0.25) is 4.68 Å². The smallest absolute Gasteiger partial charge is 0.239 e. The van der Waals surface area contributed by atoms with Crippen molar-refractivity contribution in [3.8, 4) is 5.88 Å². The zero-order chi connectivity index (χ0) is 13.7. The third-order valence-corrected chi connectivity index (χ3v) is 2.58. The van der Waals surface area contributed by atoms with E-state index in [0.717, 1.165) is 24.5 Å². The number of hydrogen-bond acceptors (Lipinski definition) is 5. The highest BCUT2D eigenvalue weighted by molar-refractivity contribution is 5.53. The molecular formula is C13H19N5O. The Balaban J connectivity index is 1.90. The van der Waals surface area contributed by atoms with Gasteiger partial charge in [-0.1, -0.05) is 0 Å². The van der Waals surface area contributed by atoms with E-state index in [1.807, 2.05) is 37.0 Å². The molecule has 2 aromatic rings. The van der Waals surface area contributed by atoms with E-state index in [0.29, 0.717) is 18.2 Å². The lowest BCUT2D eigenvalue weighted by Gasteiger charge is -2.09. The fourth-order valence-electron chi connectivity index (χ4n) is 1.69. The minimum atomic E-state index is 0.474. The summed E-state index contributed by atoms with van der Waals surface area (Å²) in [6.07, 6.45) is 3.85. The quantitative estimate of drug-likeness (QED) is 0.827. The Kier molecular flexibility index (Phi) is 4.22. The highest BCUT2D eigenvalue weighted by Gasteiger charge is 2.03. The van der Waals surface area contributed by atoms with E-state index in [4.69, 9.17) is 10.5 Å². The first kappa shape index (κ1) is 13.2. The summed E-state index contributed by atoms with van der Waals surface area (Å²) >= 11 is 0. The number of aryl methyl sites for hydroxylation is 1. The van der Waals surface area contributed by atoms with Crippen molar-refractivity contribution >= 4 is 11.5 Å². The Hall–Kier alpha value is -2.24. The van der Waals surface area contributed by atoms with Gasteiger partial charge >= 0.3 is 0 Å². The topological polar surface area (TPSA) is 78.0 Å². The van der Waals surface area contributed by atoms with Gasteiger partial charge in [0, 0.05) is 12.7 Å². The molecule has 0 aliphatic heterocycles. The molecule has 0 amide bonds. The summed E-state index contributed by atoms with van der Waals surface area (Å²) in [5.41, 5.74) is 7.48. The van der Waals surface area contributed by atoms with E-state index in [1.54, 1.807) is 6.07 Å². The summed E-state index contributed by atoms with van der Waals surface area (Å²) in [4.78, 5) is 4.31. The first-order chi connectivity index (χ1) is 9.19. The molecule has 2 aromatic heterocycles. The second-order valence-electron chi connectivity index (χ2n) is 4.23. The van der Waals surface area contributed by atoms with Crippen molar-refractivity contribution in [3.63, 3.8) is 0 Å². The lowest BCUT2D eigenvalue weighted by molar-refractivity contribution is 0.329. The van der Waals surface area contributed by atoms with Gasteiger partial charge in [-0.05, 0) is 31.5 Å². The molecule has 3 N–H and O–H groups in total. The van der Waals surface area contributed by atoms with Crippen molar-refractivity contribution in [3.05, 3.63) is 30.1 Å². The summed E-state index contributed by atoms with van der Waals surface area (Å²) in [5, 5.41) is 7.44. The van der Waals surface area contributed by atoms with Crippen LogP contribution in [0.1, 0.15) is 12.5 Å². The lowest BCUT2D eigenvalue weighted by atomic mass is 10.4. The Morgan fingerprint density at radius 3 is 2.95 bits per heavy atom. The van der Waals surface area contributed by atoms with Crippen molar-refractivity contribution < 1.29 is 4.74 Å². The molecule has 0 saturated carbocycles. The number of aromatic nitrogens is 3. The Morgan fingerprint density at radius 1 is 1.42 bits per heavy atom. The maximum Gasteiger partial charge on any atom is 0.239 e. The van der Waals surface area contributed by atoms with Gasteiger partial charge in [0.15, 0.2) is 0 Å². The summed E-state index contributed by atoms with van der Waals surface area (Å²) in [6.45, 7) is 5.99. The van der Waals surface area contributed by atoms with E-state index >= 15 is 0 Å². The van der Waals surface area contributed by atoms with Crippen LogP contribution in [0.25, 0.3) is 0 Å². The SMILES string of the molecule is CCOc1nc(NCCn2cc(C)cn2)ccc1N. The molecule has 0 aliphatic carbocycles. The van der Waals surface area contributed by atoms with Crippen molar-refractivity contribution in [1.82, 2.24) is 14.8 Å². The van der Waals surface area contributed by atoms with Gasteiger partial charge in [-0.2, -0.15) is 10.1 Å². The summed E-state index contributed by atoms with van der Waals surface area (Å²) < 4.78 is 7.24. The average Bonchev–Trinajstić information content (AvgIpc) is 2.79. The van der Waals surface area contributed by atoms with Crippen molar-refractivity contribution in [2.45, 2.75) is 20.4 Å². The number of hydrogen-bond donors (Lipinski definition) is 2.